The van der Waals surface area contributed by atoms with Gasteiger partial charge in [-0.2, -0.15) is 0 Å². The van der Waals surface area contributed by atoms with Gasteiger partial charge in [-0.15, -0.1) is 0 Å². The van der Waals surface area contributed by atoms with Crippen molar-refractivity contribution in [2.24, 2.45) is 9.98 Å². The van der Waals surface area contributed by atoms with Crippen LogP contribution in [-0.2, 0) is 0 Å². The Hall–Kier alpha value is -7.70. The lowest BCUT2D eigenvalue weighted by Gasteiger charge is -2.24. The summed E-state index contributed by atoms with van der Waals surface area (Å²) in [7, 11) is 0. The molecule has 0 bridgehead atoms. The third-order valence-electron chi connectivity index (χ3n) is 11.3. The van der Waals surface area contributed by atoms with Crippen molar-refractivity contribution in [3.63, 3.8) is 0 Å². The van der Waals surface area contributed by atoms with Crippen molar-refractivity contribution < 1.29 is 8.83 Å². The van der Waals surface area contributed by atoms with Crippen molar-refractivity contribution in [1.29, 1.82) is 0 Å². The third-order valence-corrected chi connectivity index (χ3v) is 11.3. The molecular weight excluding hydrogens is 701 g/mol. The Morgan fingerprint density at radius 2 is 1.02 bits per heavy atom. The lowest BCUT2D eigenvalue weighted by atomic mass is 9.98. The van der Waals surface area contributed by atoms with E-state index in [1.54, 1.807) is 0 Å². The van der Waals surface area contributed by atoms with E-state index < -0.39 is 6.17 Å². The second-order valence-electron chi connectivity index (χ2n) is 14.5. The predicted octanol–water partition coefficient (Wildman–Crippen LogP) is 12.7. The SMILES string of the molecule is c1ccc(C2=NC(c3cccc4oc5c(-c6cccc7c6oc6c(-n8c9ccccc9c9ccccc98)cccc67)cccc5c34)NC(c3ccccc3)=N2)cc1. The summed E-state index contributed by atoms with van der Waals surface area (Å²) in [5, 5.41) is 10.2. The molecule has 11 aromatic rings. The van der Waals surface area contributed by atoms with Crippen molar-refractivity contribution in [1.82, 2.24) is 9.88 Å². The highest BCUT2D eigenvalue weighted by atomic mass is 16.3. The standard InChI is InChI=1S/C51H32N4O2/c1-3-15-31(16-4-1)49-52-50(32-17-5-2-6-18-32)54-51(53-49)40-26-14-30-44-45(40)39-25-12-23-36(47(39)56-44)35-21-11-22-37-38-24-13-29-43(48(38)57-46(35)37)55-41-27-9-7-19-33(41)34-20-8-10-28-42(34)55/h1-30,51H,(H,52,53,54). The van der Waals surface area contributed by atoms with E-state index in [0.717, 1.165) is 94.3 Å². The number of benzene rings is 8. The fraction of sp³-hybridized carbons (Fsp3) is 0.0196. The number of hydrogen-bond acceptors (Lipinski definition) is 5. The topological polar surface area (TPSA) is 68.0 Å². The molecule has 0 aliphatic carbocycles. The van der Waals surface area contributed by atoms with Crippen molar-refractivity contribution in [2.75, 3.05) is 0 Å². The van der Waals surface area contributed by atoms with Gasteiger partial charge >= 0.3 is 0 Å². The maximum absolute atomic E-state index is 7.04. The summed E-state index contributed by atoms with van der Waals surface area (Å²) in [5.41, 5.74) is 11.5. The molecule has 1 unspecified atom stereocenters. The van der Waals surface area contributed by atoms with E-state index in [9.17, 15) is 0 Å². The molecule has 57 heavy (non-hydrogen) atoms. The van der Waals surface area contributed by atoms with E-state index in [1.807, 2.05) is 48.5 Å². The van der Waals surface area contributed by atoms with Crippen LogP contribution in [0.15, 0.2) is 201 Å². The Balaban J connectivity index is 1.04. The molecule has 12 rings (SSSR count). The molecule has 0 spiro atoms. The molecule has 0 fully saturated rings. The lowest BCUT2D eigenvalue weighted by Crippen LogP contribution is -2.33. The van der Waals surface area contributed by atoms with Gasteiger partial charge in [-0.3, -0.25) is 0 Å². The summed E-state index contributed by atoms with van der Waals surface area (Å²) in [5.74, 6) is 1.46. The molecule has 0 saturated heterocycles. The van der Waals surface area contributed by atoms with Crippen LogP contribution in [0.5, 0.6) is 0 Å². The highest BCUT2D eigenvalue weighted by Gasteiger charge is 2.26. The molecule has 8 aromatic carbocycles. The summed E-state index contributed by atoms with van der Waals surface area (Å²) in [6, 6.07) is 63.0. The van der Waals surface area contributed by atoms with E-state index >= 15 is 0 Å². The number of amidine groups is 2. The minimum Gasteiger partial charge on any atom is -0.455 e. The third kappa shape index (κ3) is 4.84. The highest BCUT2D eigenvalue weighted by molar-refractivity contribution is 6.18. The van der Waals surface area contributed by atoms with Gasteiger partial charge in [0.25, 0.3) is 0 Å². The van der Waals surface area contributed by atoms with Gasteiger partial charge in [0.2, 0.25) is 0 Å². The normalized spacial score (nSPS) is 14.5. The van der Waals surface area contributed by atoms with E-state index in [-0.39, 0.29) is 0 Å². The van der Waals surface area contributed by atoms with Gasteiger partial charge in [-0.25, -0.2) is 9.98 Å². The average molecular weight is 733 g/mol. The van der Waals surface area contributed by atoms with Crippen LogP contribution in [-0.4, -0.2) is 16.2 Å². The summed E-state index contributed by atoms with van der Waals surface area (Å²) >= 11 is 0. The molecule has 1 atom stereocenters. The van der Waals surface area contributed by atoms with Crippen molar-refractivity contribution in [3.8, 4) is 16.8 Å². The zero-order chi connectivity index (χ0) is 37.5. The number of para-hydroxylation sites is 5. The number of fused-ring (bicyclic) bond motifs is 9. The smallest absolute Gasteiger partial charge is 0.159 e. The fourth-order valence-electron chi connectivity index (χ4n) is 8.76. The van der Waals surface area contributed by atoms with Crippen LogP contribution < -0.4 is 5.32 Å². The molecule has 6 heteroatoms. The first-order valence-electron chi connectivity index (χ1n) is 19.2. The average Bonchev–Trinajstić information content (AvgIpc) is 3.97. The van der Waals surface area contributed by atoms with Crippen LogP contribution in [0.2, 0.25) is 0 Å². The molecule has 0 radical (unpaired) electrons. The molecule has 4 heterocycles. The Morgan fingerprint density at radius 3 is 1.74 bits per heavy atom. The summed E-state index contributed by atoms with van der Waals surface area (Å²) in [6.07, 6.45) is -0.404. The first-order chi connectivity index (χ1) is 28.3. The largest absolute Gasteiger partial charge is 0.455 e. The Morgan fingerprint density at radius 1 is 0.456 bits per heavy atom. The molecule has 1 aliphatic heterocycles. The maximum atomic E-state index is 7.04. The number of nitrogens with one attached hydrogen (secondary N) is 1. The summed E-state index contributed by atoms with van der Waals surface area (Å²) in [4.78, 5) is 10.2. The number of hydrogen-bond donors (Lipinski definition) is 1. The quantitative estimate of drug-likeness (QED) is 0.192. The second kappa shape index (κ2) is 12.4. The van der Waals surface area contributed by atoms with E-state index in [2.05, 4.69) is 143 Å². The minimum atomic E-state index is -0.404. The van der Waals surface area contributed by atoms with Crippen LogP contribution in [0, 0.1) is 0 Å². The van der Waals surface area contributed by atoms with Crippen LogP contribution in [0.3, 0.4) is 0 Å². The van der Waals surface area contributed by atoms with Gasteiger partial charge in [0.15, 0.2) is 11.4 Å². The van der Waals surface area contributed by atoms with Crippen molar-refractivity contribution in [3.05, 3.63) is 199 Å². The number of aliphatic imine (C=N–C) groups is 2. The Kier molecular flexibility index (Phi) is 6.89. The zero-order valence-corrected chi connectivity index (χ0v) is 30.6. The molecule has 1 aliphatic rings. The molecule has 268 valence electrons. The molecule has 6 nitrogen and oxygen atoms in total. The highest BCUT2D eigenvalue weighted by Crippen LogP contribution is 2.44. The van der Waals surface area contributed by atoms with Crippen molar-refractivity contribution >= 4 is 77.4 Å². The van der Waals surface area contributed by atoms with Crippen LogP contribution in [0.4, 0.5) is 0 Å². The van der Waals surface area contributed by atoms with Crippen LogP contribution >= 0.6 is 0 Å². The van der Waals surface area contributed by atoms with Crippen molar-refractivity contribution in [2.45, 2.75) is 6.17 Å². The first-order valence-corrected chi connectivity index (χ1v) is 19.2. The molecular formula is C51H32N4O2. The number of nitrogens with zero attached hydrogens (tertiary/aromatic N) is 3. The Labute approximate surface area is 326 Å². The zero-order valence-electron chi connectivity index (χ0n) is 30.6. The predicted molar refractivity (Wildman–Crippen MR) is 233 cm³/mol. The van der Waals surface area contributed by atoms with E-state index in [1.165, 1.54) is 10.8 Å². The lowest BCUT2D eigenvalue weighted by molar-refractivity contribution is 0.660. The van der Waals surface area contributed by atoms with Gasteiger partial charge in [0.1, 0.15) is 28.8 Å². The van der Waals surface area contributed by atoms with E-state index in [0.29, 0.717) is 5.84 Å². The maximum Gasteiger partial charge on any atom is 0.159 e. The fourth-order valence-corrected chi connectivity index (χ4v) is 8.76. The monoisotopic (exact) mass is 732 g/mol. The molecule has 0 amide bonds. The summed E-state index contributed by atoms with van der Waals surface area (Å²) < 4.78 is 16.2. The second-order valence-corrected chi connectivity index (χ2v) is 14.5. The van der Waals surface area contributed by atoms with Crippen LogP contribution in [0.25, 0.3) is 82.5 Å². The Bertz CT molecular complexity index is 3390. The molecule has 1 N–H and O–H groups in total. The van der Waals surface area contributed by atoms with Gasteiger partial charge in [0.05, 0.1) is 16.7 Å². The van der Waals surface area contributed by atoms with Gasteiger partial charge < -0.3 is 18.7 Å². The molecule has 0 saturated carbocycles. The minimum absolute atomic E-state index is 0.404. The summed E-state index contributed by atoms with van der Waals surface area (Å²) in [6.45, 7) is 0. The first kappa shape index (κ1) is 31.6. The number of furan rings is 2. The molecule has 3 aromatic heterocycles. The van der Waals surface area contributed by atoms with Gasteiger partial charge in [0, 0.05) is 60.1 Å². The van der Waals surface area contributed by atoms with Gasteiger partial charge in [-0.05, 0) is 24.3 Å². The number of rotatable bonds is 5. The number of aromatic nitrogens is 1. The van der Waals surface area contributed by atoms with E-state index in [4.69, 9.17) is 18.8 Å². The van der Waals surface area contributed by atoms with Gasteiger partial charge in [-0.1, -0.05) is 158 Å². The van der Waals surface area contributed by atoms with Crippen LogP contribution in [0.1, 0.15) is 22.9 Å².